The van der Waals surface area contributed by atoms with E-state index in [2.05, 4.69) is 80.3 Å². The van der Waals surface area contributed by atoms with Gasteiger partial charge in [0.1, 0.15) is 0 Å². The van der Waals surface area contributed by atoms with E-state index in [1.54, 1.807) is 0 Å². The van der Waals surface area contributed by atoms with Crippen LogP contribution in [-0.4, -0.2) is 9.78 Å². The second-order valence-electron chi connectivity index (χ2n) is 4.11. The maximum atomic E-state index is 4.44. The fourth-order valence-electron chi connectivity index (χ4n) is 1.83. The first-order chi connectivity index (χ1) is 8.60. The van der Waals surface area contributed by atoms with E-state index in [9.17, 15) is 0 Å². The Balaban J connectivity index is 2.08. The van der Waals surface area contributed by atoms with Crippen LogP contribution >= 0.6 is 38.5 Å². The Morgan fingerprint density at radius 2 is 2.22 bits per heavy atom. The van der Waals surface area contributed by atoms with Crippen molar-refractivity contribution >= 4 is 44.2 Å². The number of aryl methyl sites for hydroxylation is 2. The monoisotopic (exact) mass is 419 g/mol. The lowest BCUT2D eigenvalue weighted by atomic mass is 10.2. The number of benzene rings is 1. The van der Waals surface area contributed by atoms with Crippen LogP contribution in [-0.2, 0) is 20.0 Å². The van der Waals surface area contributed by atoms with Gasteiger partial charge in [0.15, 0.2) is 0 Å². The average Bonchev–Trinajstić information content (AvgIpc) is 2.71. The highest BCUT2D eigenvalue weighted by Crippen LogP contribution is 2.23. The van der Waals surface area contributed by atoms with Crippen molar-refractivity contribution < 1.29 is 0 Å². The van der Waals surface area contributed by atoms with Crippen LogP contribution in [0.5, 0.6) is 0 Å². The predicted molar refractivity (Wildman–Crippen MR) is 86.8 cm³/mol. The molecule has 0 amide bonds. The van der Waals surface area contributed by atoms with E-state index >= 15 is 0 Å². The van der Waals surface area contributed by atoms with Crippen LogP contribution in [0.25, 0.3) is 0 Å². The topological polar surface area (TPSA) is 29.9 Å². The van der Waals surface area contributed by atoms with Gasteiger partial charge in [0.05, 0.1) is 5.69 Å². The smallest absolute Gasteiger partial charge is 0.0671 e. The van der Waals surface area contributed by atoms with Gasteiger partial charge in [-0.3, -0.25) is 4.68 Å². The van der Waals surface area contributed by atoms with Gasteiger partial charge in [-0.05, 0) is 63.1 Å². The maximum absolute atomic E-state index is 4.44. The van der Waals surface area contributed by atoms with Crippen LogP contribution in [0.4, 0.5) is 5.69 Å². The van der Waals surface area contributed by atoms with Crippen molar-refractivity contribution in [2.24, 2.45) is 7.05 Å². The molecule has 0 saturated carbocycles. The zero-order chi connectivity index (χ0) is 13.1. The second kappa shape index (κ2) is 6.06. The Kier molecular flexibility index (Phi) is 4.66. The molecule has 96 valence electrons. The lowest BCUT2D eigenvalue weighted by Crippen LogP contribution is -2.01. The standard InChI is InChI=1S/C13H15BrIN3/c1-3-13-9(8-18(2)17-13)7-16-10-4-5-11(14)12(15)6-10/h4-6,8,16H,3,7H2,1-2H3. The largest absolute Gasteiger partial charge is 0.381 e. The SMILES string of the molecule is CCc1nn(C)cc1CNc1ccc(Br)c(I)c1. The van der Waals surface area contributed by atoms with Crippen molar-refractivity contribution in [3.8, 4) is 0 Å². The minimum atomic E-state index is 0.814. The van der Waals surface area contributed by atoms with E-state index in [0.717, 1.165) is 28.8 Å². The zero-order valence-corrected chi connectivity index (χ0v) is 14.1. The Bertz CT molecular complexity index is 551. The highest BCUT2D eigenvalue weighted by atomic mass is 127. The summed E-state index contributed by atoms with van der Waals surface area (Å²) >= 11 is 5.82. The molecule has 2 rings (SSSR count). The van der Waals surface area contributed by atoms with Crippen LogP contribution in [0.2, 0.25) is 0 Å². The molecule has 0 atom stereocenters. The number of halogens is 2. The van der Waals surface area contributed by atoms with Gasteiger partial charge >= 0.3 is 0 Å². The molecule has 0 saturated heterocycles. The normalized spacial score (nSPS) is 10.7. The van der Waals surface area contributed by atoms with Gasteiger partial charge in [0, 0.05) is 39.1 Å². The lowest BCUT2D eigenvalue weighted by molar-refractivity contribution is 0.746. The summed E-state index contributed by atoms with van der Waals surface area (Å²) in [6.45, 7) is 2.95. The molecule has 18 heavy (non-hydrogen) atoms. The Morgan fingerprint density at radius 1 is 1.44 bits per heavy atom. The third-order valence-electron chi connectivity index (χ3n) is 2.73. The molecule has 0 radical (unpaired) electrons. The van der Waals surface area contributed by atoms with E-state index in [0.29, 0.717) is 0 Å². The number of nitrogens with zero attached hydrogens (tertiary/aromatic N) is 2. The summed E-state index contributed by atoms with van der Waals surface area (Å²) in [6.07, 6.45) is 3.05. The van der Waals surface area contributed by atoms with Crippen LogP contribution in [0.15, 0.2) is 28.9 Å². The van der Waals surface area contributed by atoms with Gasteiger partial charge in [-0.25, -0.2) is 0 Å². The number of hydrogen-bond donors (Lipinski definition) is 1. The quantitative estimate of drug-likeness (QED) is 0.760. The van der Waals surface area contributed by atoms with Crippen molar-refractivity contribution in [2.75, 3.05) is 5.32 Å². The van der Waals surface area contributed by atoms with E-state index in [1.165, 1.54) is 9.13 Å². The second-order valence-corrected chi connectivity index (χ2v) is 6.13. The summed E-state index contributed by atoms with van der Waals surface area (Å²) < 4.78 is 4.21. The average molecular weight is 420 g/mol. The molecule has 0 aliphatic rings. The highest BCUT2D eigenvalue weighted by molar-refractivity contribution is 14.1. The molecule has 0 unspecified atom stereocenters. The van der Waals surface area contributed by atoms with E-state index in [-0.39, 0.29) is 0 Å². The minimum absolute atomic E-state index is 0.814. The van der Waals surface area contributed by atoms with Crippen LogP contribution in [0.1, 0.15) is 18.2 Å². The van der Waals surface area contributed by atoms with Gasteiger partial charge in [0.2, 0.25) is 0 Å². The zero-order valence-electron chi connectivity index (χ0n) is 10.4. The Labute approximate surface area is 129 Å². The number of anilines is 1. The molecular weight excluding hydrogens is 405 g/mol. The Morgan fingerprint density at radius 3 is 2.89 bits per heavy atom. The third kappa shape index (κ3) is 3.26. The van der Waals surface area contributed by atoms with Gasteiger partial charge in [-0.15, -0.1) is 0 Å². The molecule has 2 aromatic rings. The minimum Gasteiger partial charge on any atom is -0.381 e. The lowest BCUT2D eigenvalue weighted by Gasteiger charge is -2.07. The van der Waals surface area contributed by atoms with Gasteiger partial charge in [-0.1, -0.05) is 6.92 Å². The summed E-state index contributed by atoms with van der Waals surface area (Å²) in [5, 5.41) is 7.88. The van der Waals surface area contributed by atoms with Crippen molar-refractivity contribution in [3.05, 3.63) is 43.7 Å². The van der Waals surface area contributed by atoms with E-state index in [4.69, 9.17) is 0 Å². The highest BCUT2D eigenvalue weighted by Gasteiger charge is 2.05. The Hall–Kier alpha value is -0.560. The number of aromatic nitrogens is 2. The molecule has 3 nitrogen and oxygen atoms in total. The summed E-state index contributed by atoms with van der Waals surface area (Å²) in [5.41, 5.74) is 3.56. The molecule has 1 heterocycles. The molecule has 0 fully saturated rings. The first-order valence-corrected chi connectivity index (χ1v) is 7.67. The number of hydrogen-bond acceptors (Lipinski definition) is 2. The van der Waals surface area contributed by atoms with Crippen molar-refractivity contribution in [3.63, 3.8) is 0 Å². The van der Waals surface area contributed by atoms with Gasteiger partial charge in [0.25, 0.3) is 0 Å². The molecule has 1 aromatic heterocycles. The third-order valence-corrected chi connectivity index (χ3v) is 5.05. The summed E-state index contributed by atoms with van der Waals surface area (Å²) in [7, 11) is 1.96. The van der Waals surface area contributed by atoms with Crippen LogP contribution < -0.4 is 5.32 Å². The van der Waals surface area contributed by atoms with Crippen molar-refractivity contribution in [2.45, 2.75) is 19.9 Å². The number of rotatable bonds is 4. The first kappa shape index (κ1) is 13.9. The van der Waals surface area contributed by atoms with Gasteiger partial charge in [-0.2, -0.15) is 5.10 Å². The summed E-state index contributed by atoms with van der Waals surface area (Å²) in [5.74, 6) is 0. The predicted octanol–water partition coefficient (Wildman–Crippen LogP) is 3.96. The number of nitrogens with one attached hydrogen (secondary N) is 1. The maximum Gasteiger partial charge on any atom is 0.0671 e. The van der Waals surface area contributed by atoms with Crippen molar-refractivity contribution in [1.82, 2.24) is 9.78 Å². The summed E-state index contributed by atoms with van der Waals surface area (Å²) in [4.78, 5) is 0. The summed E-state index contributed by atoms with van der Waals surface area (Å²) in [6, 6.07) is 6.27. The van der Waals surface area contributed by atoms with Crippen LogP contribution in [0.3, 0.4) is 0 Å². The molecule has 1 N–H and O–H groups in total. The molecular formula is C13H15BrIN3. The fraction of sp³-hybridized carbons (Fsp3) is 0.308. The molecule has 0 spiro atoms. The molecule has 0 bridgehead atoms. The molecule has 5 heteroatoms. The molecule has 0 aliphatic heterocycles. The van der Waals surface area contributed by atoms with Gasteiger partial charge < -0.3 is 5.32 Å². The molecule has 1 aromatic carbocycles. The van der Waals surface area contributed by atoms with Crippen LogP contribution in [0, 0.1) is 3.57 Å². The van der Waals surface area contributed by atoms with Crippen molar-refractivity contribution in [1.29, 1.82) is 0 Å². The molecule has 0 aliphatic carbocycles. The fourth-order valence-corrected chi connectivity index (χ4v) is 2.59. The first-order valence-electron chi connectivity index (χ1n) is 5.80. The van der Waals surface area contributed by atoms with E-state index in [1.807, 2.05) is 11.7 Å². The van der Waals surface area contributed by atoms with E-state index < -0.39 is 0 Å².